The summed E-state index contributed by atoms with van der Waals surface area (Å²) in [4.78, 5) is 24.5. The molecular formula is C13H15ClN2O3. The van der Waals surface area contributed by atoms with Gasteiger partial charge in [-0.3, -0.25) is 0 Å². The molecule has 0 aromatic heterocycles. The van der Waals surface area contributed by atoms with Crippen LogP contribution < -0.4 is 5.32 Å². The van der Waals surface area contributed by atoms with Gasteiger partial charge in [0.2, 0.25) is 0 Å². The Balaban J connectivity index is 2.12. The zero-order valence-electron chi connectivity index (χ0n) is 10.5. The lowest BCUT2D eigenvalue weighted by Gasteiger charge is -2.22. The molecule has 5 nitrogen and oxygen atoms in total. The molecule has 2 rings (SSSR count). The van der Waals surface area contributed by atoms with Crippen LogP contribution in [0.3, 0.4) is 0 Å². The van der Waals surface area contributed by atoms with Gasteiger partial charge in [0, 0.05) is 6.54 Å². The van der Waals surface area contributed by atoms with E-state index in [0.29, 0.717) is 30.1 Å². The fourth-order valence-electron chi connectivity index (χ4n) is 2.19. The number of likely N-dealkylation sites (tertiary alicyclic amines) is 1. The van der Waals surface area contributed by atoms with Crippen molar-refractivity contribution in [1.29, 1.82) is 0 Å². The third kappa shape index (κ3) is 2.98. The Kier molecular flexibility index (Phi) is 3.95. The number of nitrogens with zero attached hydrogens (tertiary/aromatic N) is 1. The standard InChI is InChI=1S/C13H15ClN2O3/c1-8-4-5-9(14)10(7-8)15-13(19)16-6-2-3-11(16)12(17)18/h4-5,7,11H,2-3,6H2,1H3,(H,15,19)(H,17,18)/t11-/m1/s1. The largest absolute Gasteiger partial charge is 0.480 e. The Labute approximate surface area is 116 Å². The number of carbonyl (C=O) groups is 2. The molecule has 1 saturated heterocycles. The molecular weight excluding hydrogens is 268 g/mol. The number of halogens is 1. The second-order valence-corrected chi connectivity index (χ2v) is 5.01. The number of rotatable bonds is 2. The second kappa shape index (κ2) is 5.48. The molecule has 0 saturated carbocycles. The van der Waals surface area contributed by atoms with Crippen molar-refractivity contribution in [3.63, 3.8) is 0 Å². The predicted octanol–water partition coefficient (Wildman–Crippen LogP) is 2.73. The van der Waals surface area contributed by atoms with Gasteiger partial charge in [0.25, 0.3) is 0 Å². The number of benzene rings is 1. The van der Waals surface area contributed by atoms with Crippen molar-refractivity contribution in [2.45, 2.75) is 25.8 Å². The number of aryl methyl sites for hydroxylation is 1. The van der Waals surface area contributed by atoms with E-state index in [4.69, 9.17) is 16.7 Å². The quantitative estimate of drug-likeness (QED) is 0.876. The van der Waals surface area contributed by atoms with Gasteiger partial charge in [-0.1, -0.05) is 17.7 Å². The first kappa shape index (κ1) is 13.7. The van der Waals surface area contributed by atoms with Gasteiger partial charge >= 0.3 is 12.0 Å². The normalized spacial score (nSPS) is 18.4. The van der Waals surface area contributed by atoms with Gasteiger partial charge in [0.15, 0.2) is 0 Å². The van der Waals surface area contributed by atoms with Crippen LogP contribution in [0.1, 0.15) is 18.4 Å². The average Bonchev–Trinajstić information content (AvgIpc) is 2.83. The van der Waals surface area contributed by atoms with E-state index in [0.717, 1.165) is 5.56 Å². The molecule has 1 aliphatic rings. The van der Waals surface area contributed by atoms with Gasteiger partial charge < -0.3 is 15.3 Å². The van der Waals surface area contributed by atoms with Crippen LogP contribution in [0.5, 0.6) is 0 Å². The number of carboxylic acid groups (broad SMARTS) is 1. The van der Waals surface area contributed by atoms with E-state index < -0.39 is 18.0 Å². The van der Waals surface area contributed by atoms with E-state index in [-0.39, 0.29) is 0 Å². The third-order valence-corrected chi connectivity index (χ3v) is 3.49. The van der Waals surface area contributed by atoms with Crippen LogP contribution in [0.4, 0.5) is 10.5 Å². The topological polar surface area (TPSA) is 69.6 Å². The van der Waals surface area contributed by atoms with Gasteiger partial charge in [-0.05, 0) is 37.5 Å². The van der Waals surface area contributed by atoms with Crippen molar-refractivity contribution in [2.24, 2.45) is 0 Å². The van der Waals surface area contributed by atoms with E-state index in [2.05, 4.69) is 5.32 Å². The summed E-state index contributed by atoms with van der Waals surface area (Å²) in [6, 6.07) is 4.13. The molecule has 1 aromatic rings. The first-order chi connectivity index (χ1) is 8.99. The summed E-state index contributed by atoms with van der Waals surface area (Å²) in [6.07, 6.45) is 1.19. The minimum Gasteiger partial charge on any atom is -0.480 e. The molecule has 1 fully saturated rings. The minimum absolute atomic E-state index is 0.419. The Morgan fingerprint density at radius 1 is 1.47 bits per heavy atom. The number of anilines is 1. The van der Waals surface area contributed by atoms with Gasteiger partial charge in [-0.2, -0.15) is 0 Å². The van der Waals surface area contributed by atoms with Gasteiger partial charge in [-0.25, -0.2) is 9.59 Å². The van der Waals surface area contributed by atoms with E-state index in [1.54, 1.807) is 12.1 Å². The smallest absolute Gasteiger partial charge is 0.326 e. The maximum absolute atomic E-state index is 12.1. The number of carboxylic acids is 1. The maximum Gasteiger partial charge on any atom is 0.326 e. The van der Waals surface area contributed by atoms with Crippen molar-refractivity contribution in [1.82, 2.24) is 4.90 Å². The molecule has 0 bridgehead atoms. The molecule has 6 heteroatoms. The molecule has 1 heterocycles. The molecule has 0 unspecified atom stereocenters. The van der Waals surface area contributed by atoms with E-state index >= 15 is 0 Å². The number of carbonyl (C=O) groups excluding carboxylic acids is 1. The third-order valence-electron chi connectivity index (χ3n) is 3.16. The molecule has 19 heavy (non-hydrogen) atoms. The average molecular weight is 283 g/mol. The molecule has 2 N–H and O–H groups in total. The van der Waals surface area contributed by atoms with Crippen LogP contribution in [-0.4, -0.2) is 34.6 Å². The lowest BCUT2D eigenvalue weighted by atomic mass is 10.2. The van der Waals surface area contributed by atoms with Crippen LogP contribution in [-0.2, 0) is 4.79 Å². The van der Waals surface area contributed by atoms with E-state index in [1.165, 1.54) is 4.90 Å². The molecule has 2 amide bonds. The highest BCUT2D eigenvalue weighted by Gasteiger charge is 2.34. The molecule has 1 aliphatic heterocycles. The fourth-order valence-corrected chi connectivity index (χ4v) is 2.35. The molecule has 1 atom stereocenters. The Hall–Kier alpha value is -1.75. The lowest BCUT2D eigenvalue weighted by Crippen LogP contribution is -2.42. The first-order valence-electron chi connectivity index (χ1n) is 6.05. The van der Waals surface area contributed by atoms with Crippen LogP contribution in [0, 0.1) is 6.92 Å². The summed E-state index contributed by atoms with van der Waals surface area (Å²) in [5.41, 5.74) is 1.47. The Bertz CT molecular complexity index is 519. The number of hydrogen-bond donors (Lipinski definition) is 2. The number of amides is 2. The van der Waals surface area contributed by atoms with Crippen LogP contribution in [0.25, 0.3) is 0 Å². The number of hydrogen-bond acceptors (Lipinski definition) is 2. The minimum atomic E-state index is -0.969. The second-order valence-electron chi connectivity index (χ2n) is 4.60. The van der Waals surface area contributed by atoms with Gasteiger partial charge in [-0.15, -0.1) is 0 Å². The van der Waals surface area contributed by atoms with Crippen molar-refractivity contribution >= 4 is 29.3 Å². The van der Waals surface area contributed by atoms with Crippen molar-refractivity contribution < 1.29 is 14.7 Å². The summed E-state index contributed by atoms with van der Waals surface area (Å²) in [6.45, 7) is 2.34. The van der Waals surface area contributed by atoms with Crippen LogP contribution >= 0.6 is 11.6 Å². The maximum atomic E-state index is 12.1. The molecule has 0 spiro atoms. The lowest BCUT2D eigenvalue weighted by molar-refractivity contribution is -0.141. The Morgan fingerprint density at radius 3 is 2.89 bits per heavy atom. The number of nitrogens with one attached hydrogen (secondary N) is 1. The zero-order valence-corrected chi connectivity index (χ0v) is 11.3. The van der Waals surface area contributed by atoms with Crippen LogP contribution in [0.2, 0.25) is 5.02 Å². The first-order valence-corrected chi connectivity index (χ1v) is 6.43. The summed E-state index contributed by atoms with van der Waals surface area (Å²) in [7, 11) is 0. The van der Waals surface area contributed by atoms with Crippen molar-refractivity contribution in [3.05, 3.63) is 28.8 Å². The molecule has 0 radical (unpaired) electrons. The summed E-state index contributed by atoms with van der Waals surface area (Å²) < 4.78 is 0. The number of aliphatic carboxylic acids is 1. The van der Waals surface area contributed by atoms with Gasteiger partial charge in [0.05, 0.1) is 10.7 Å². The highest BCUT2D eigenvalue weighted by atomic mass is 35.5. The monoisotopic (exact) mass is 282 g/mol. The summed E-state index contributed by atoms with van der Waals surface area (Å²) in [5.74, 6) is -0.969. The summed E-state index contributed by atoms with van der Waals surface area (Å²) in [5, 5.41) is 12.2. The van der Waals surface area contributed by atoms with E-state index in [1.807, 2.05) is 13.0 Å². The fraction of sp³-hybridized carbons (Fsp3) is 0.385. The zero-order chi connectivity index (χ0) is 14.0. The summed E-state index contributed by atoms with van der Waals surface area (Å²) >= 11 is 6.00. The molecule has 102 valence electrons. The van der Waals surface area contributed by atoms with Crippen molar-refractivity contribution in [2.75, 3.05) is 11.9 Å². The Morgan fingerprint density at radius 2 is 2.21 bits per heavy atom. The SMILES string of the molecule is Cc1ccc(Cl)c(NC(=O)N2CCC[C@@H]2C(=O)O)c1. The van der Waals surface area contributed by atoms with Gasteiger partial charge in [0.1, 0.15) is 6.04 Å². The number of urea groups is 1. The predicted molar refractivity (Wildman–Crippen MR) is 72.6 cm³/mol. The highest BCUT2D eigenvalue weighted by molar-refractivity contribution is 6.33. The molecule has 1 aromatic carbocycles. The van der Waals surface area contributed by atoms with E-state index in [9.17, 15) is 9.59 Å². The van der Waals surface area contributed by atoms with Crippen molar-refractivity contribution in [3.8, 4) is 0 Å². The molecule has 0 aliphatic carbocycles. The highest BCUT2D eigenvalue weighted by Crippen LogP contribution is 2.25. The van der Waals surface area contributed by atoms with Crippen LogP contribution in [0.15, 0.2) is 18.2 Å².